The van der Waals surface area contributed by atoms with Crippen molar-refractivity contribution in [3.8, 4) is 0 Å². The molecule has 0 saturated carbocycles. The highest BCUT2D eigenvalue weighted by Crippen LogP contribution is 2.21. The van der Waals surface area contributed by atoms with Gasteiger partial charge in [-0.1, -0.05) is 33.8 Å². The molecule has 176 valence electrons. The summed E-state index contributed by atoms with van der Waals surface area (Å²) in [5, 5.41) is 7.23. The quantitative estimate of drug-likeness (QED) is 0.436. The van der Waals surface area contributed by atoms with Crippen LogP contribution in [0.1, 0.15) is 55.4 Å². The average molecular weight is 462 g/mol. The summed E-state index contributed by atoms with van der Waals surface area (Å²) in [5.41, 5.74) is 0.611. The first kappa shape index (κ1) is 23.1. The molecule has 0 spiro atoms. The summed E-state index contributed by atoms with van der Waals surface area (Å²) >= 11 is 0. The van der Waals surface area contributed by atoms with Crippen LogP contribution < -0.4 is 16.6 Å². The van der Waals surface area contributed by atoms with Crippen LogP contribution >= 0.6 is 0 Å². The van der Waals surface area contributed by atoms with Crippen LogP contribution in [0.15, 0.2) is 52.3 Å². The molecule has 0 atom stereocenters. The first-order chi connectivity index (χ1) is 16.2. The molecule has 0 saturated heterocycles. The number of aromatic nitrogens is 6. The number of rotatable bonds is 7. The van der Waals surface area contributed by atoms with Gasteiger partial charge in [-0.3, -0.25) is 28.8 Å². The SMILES string of the molecule is CC(C)Cn1c(=O)[nH]c(=O)c2c(C(=O)Nc3ccn(Cc4ccccn4)n3)cc(C(C)C)nc21. The first-order valence-electron chi connectivity index (χ1n) is 11.2. The number of carbonyl (C=O) groups is 1. The largest absolute Gasteiger partial charge is 0.330 e. The summed E-state index contributed by atoms with van der Waals surface area (Å²) < 4.78 is 3.08. The minimum atomic E-state index is -0.645. The lowest BCUT2D eigenvalue weighted by Gasteiger charge is -2.15. The topological polar surface area (TPSA) is 128 Å². The maximum Gasteiger partial charge on any atom is 0.330 e. The van der Waals surface area contributed by atoms with Gasteiger partial charge in [-0.2, -0.15) is 5.10 Å². The summed E-state index contributed by atoms with van der Waals surface area (Å²) in [7, 11) is 0. The Morgan fingerprint density at radius 1 is 1.15 bits per heavy atom. The van der Waals surface area contributed by atoms with E-state index in [1.165, 1.54) is 4.57 Å². The van der Waals surface area contributed by atoms with Crippen LogP contribution in [-0.4, -0.2) is 35.2 Å². The number of hydrogen-bond acceptors (Lipinski definition) is 6. The summed E-state index contributed by atoms with van der Waals surface area (Å²) in [6.07, 6.45) is 3.44. The van der Waals surface area contributed by atoms with Crippen molar-refractivity contribution in [2.45, 2.75) is 46.7 Å². The smallest absolute Gasteiger partial charge is 0.305 e. The molecule has 34 heavy (non-hydrogen) atoms. The maximum atomic E-state index is 13.3. The monoisotopic (exact) mass is 461 g/mol. The third-order valence-corrected chi connectivity index (χ3v) is 5.28. The highest BCUT2D eigenvalue weighted by atomic mass is 16.2. The molecular formula is C24H27N7O3. The van der Waals surface area contributed by atoms with Gasteiger partial charge in [0.05, 0.1) is 23.2 Å². The molecule has 0 aliphatic carbocycles. The second kappa shape index (κ2) is 9.42. The molecule has 4 rings (SSSR count). The number of pyridine rings is 2. The zero-order valence-electron chi connectivity index (χ0n) is 19.6. The van der Waals surface area contributed by atoms with E-state index in [1.54, 1.807) is 29.2 Å². The average Bonchev–Trinajstić information content (AvgIpc) is 3.22. The summed E-state index contributed by atoms with van der Waals surface area (Å²) in [6.45, 7) is 8.61. The highest BCUT2D eigenvalue weighted by Gasteiger charge is 2.21. The molecule has 0 unspecified atom stereocenters. The lowest BCUT2D eigenvalue weighted by atomic mass is 10.0. The van der Waals surface area contributed by atoms with Crippen LogP contribution in [0, 0.1) is 5.92 Å². The second-order valence-electron chi connectivity index (χ2n) is 8.89. The standard InChI is InChI=1S/C24H27N7O3/c1-14(2)12-31-21-20(23(33)28-24(31)34)17(11-18(26-21)15(3)4)22(32)27-19-8-10-30(29-19)13-16-7-5-6-9-25-16/h5-11,14-15H,12-13H2,1-4H3,(H,27,29,32)(H,28,33,34). The zero-order valence-corrected chi connectivity index (χ0v) is 19.6. The highest BCUT2D eigenvalue weighted by molar-refractivity contribution is 6.11. The molecule has 0 aliphatic heterocycles. The number of amides is 1. The van der Waals surface area contributed by atoms with Gasteiger partial charge < -0.3 is 5.32 Å². The zero-order chi connectivity index (χ0) is 24.4. The normalized spacial score (nSPS) is 11.5. The van der Waals surface area contributed by atoms with Gasteiger partial charge in [-0.25, -0.2) is 9.78 Å². The lowest BCUT2D eigenvalue weighted by molar-refractivity contribution is 0.102. The second-order valence-corrected chi connectivity index (χ2v) is 8.89. The van der Waals surface area contributed by atoms with E-state index in [0.717, 1.165) is 5.69 Å². The van der Waals surface area contributed by atoms with E-state index in [9.17, 15) is 14.4 Å². The van der Waals surface area contributed by atoms with Crippen molar-refractivity contribution >= 4 is 22.8 Å². The van der Waals surface area contributed by atoms with Crippen molar-refractivity contribution in [2.75, 3.05) is 5.32 Å². The molecule has 0 fully saturated rings. The van der Waals surface area contributed by atoms with Crippen LogP contribution in [0.4, 0.5) is 5.82 Å². The van der Waals surface area contributed by atoms with Crippen LogP contribution in [-0.2, 0) is 13.1 Å². The molecule has 4 aromatic heterocycles. The van der Waals surface area contributed by atoms with Gasteiger partial charge >= 0.3 is 5.69 Å². The van der Waals surface area contributed by atoms with E-state index in [-0.39, 0.29) is 28.4 Å². The Morgan fingerprint density at radius 2 is 1.94 bits per heavy atom. The summed E-state index contributed by atoms with van der Waals surface area (Å²) in [4.78, 5) is 49.8. The molecule has 0 radical (unpaired) electrons. The van der Waals surface area contributed by atoms with Crippen LogP contribution in [0.2, 0.25) is 0 Å². The molecular weight excluding hydrogens is 434 g/mol. The molecule has 0 bridgehead atoms. The third-order valence-electron chi connectivity index (χ3n) is 5.28. The lowest BCUT2D eigenvalue weighted by Crippen LogP contribution is -2.33. The van der Waals surface area contributed by atoms with Gasteiger partial charge in [-0.05, 0) is 30.0 Å². The molecule has 10 nitrogen and oxygen atoms in total. The minimum absolute atomic E-state index is 0.0181. The molecule has 2 N–H and O–H groups in total. The van der Waals surface area contributed by atoms with Crippen molar-refractivity contribution in [1.82, 2.24) is 29.3 Å². The molecule has 10 heteroatoms. The fourth-order valence-corrected chi connectivity index (χ4v) is 3.66. The Bertz CT molecular complexity index is 1450. The number of aromatic amines is 1. The predicted molar refractivity (Wildman–Crippen MR) is 129 cm³/mol. The van der Waals surface area contributed by atoms with Gasteiger partial charge in [0.2, 0.25) is 0 Å². The molecule has 4 aromatic rings. The van der Waals surface area contributed by atoms with E-state index < -0.39 is 17.2 Å². The first-order valence-corrected chi connectivity index (χ1v) is 11.2. The van der Waals surface area contributed by atoms with Crippen molar-refractivity contribution in [2.24, 2.45) is 5.92 Å². The molecule has 4 heterocycles. The number of anilines is 1. The van der Waals surface area contributed by atoms with Crippen molar-refractivity contribution in [1.29, 1.82) is 0 Å². The number of nitrogens with zero attached hydrogens (tertiary/aromatic N) is 5. The van der Waals surface area contributed by atoms with Gasteiger partial charge in [0.25, 0.3) is 11.5 Å². The van der Waals surface area contributed by atoms with Crippen LogP contribution in [0.25, 0.3) is 11.0 Å². The fraction of sp³-hybridized carbons (Fsp3) is 0.333. The molecule has 0 aliphatic rings. The van der Waals surface area contributed by atoms with Crippen molar-refractivity contribution in [3.05, 3.63) is 80.5 Å². The van der Waals surface area contributed by atoms with Crippen molar-refractivity contribution in [3.63, 3.8) is 0 Å². The third kappa shape index (κ3) is 4.80. The Hall–Kier alpha value is -4.08. The summed E-state index contributed by atoms with van der Waals surface area (Å²) in [5.74, 6) is -0.0476. The van der Waals surface area contributed by atoms with Gasteiger partial charge in [0.1, 0.15) is 0 Å². The Morgan fingerprint density at radius 3 is 2.62 bits per heavy atom. The fourth-order valence-electron chi connectivity index (χ4n) is 3.66. The van der Waals surface area contributed by atoms with E-state index in [1.807, 2.05) is 45.9 Å². The van der Waals surface area contributed by atoms with E-state index in [0.29, 0.717) is 24.6 Å². The van der Waals surface area contributed by atoms with Crippen molar-refractivity contribution < 1.29 is 4.79 Å². The van der Waals surface area contributed by atoms with E-state index >= 15 is 0 Å². The van der Waals surface area contributed by atoms with E-state index in [4.69, 9.17) is 0 Å². The Balaban J connectivity index is 1.74. The summed E-state index contributed by atoms with van der Waals surface area (Å²) in [6, 6.07) is 8.90. The number of carbonyl (C=O) groups excluding carboxylic acids is 1. The number of hydrogen-bond donors (Lipinski definition) is 2. The number of H-pyrrole nitrogens is 1. The minimum Gasteiger partial charge on any atom is -0.305 e. The predicted octanol–water partition coefficient (Wildman–Crippen LogP) is 2.76. The molecule has 0 aromatic carbocycles. The van der Waals surface area contributed by atoms with Gasteiger partial charge in [0, 0.05) is 30.7 Å². The Labute approximate surface area is 195 Å². The van der Waals surface area contributed by atoms with Gasteiger partial charge in [-0.15, -0.1) is 0 Å². The van der Waals surface area contributed by atoms with E-state index in [2.05, 4.69) is 25.4 Å². The molecule has 1 amide bonds. The van der Waals surface area contributed by atoms with Crippen LogP contribution in [0.5, 0.6) is 0 Å². The Kier molecular flexibility index (Phi) is 6.40. The maximum absolute atomic E-state index is 13.3. The number of nitrogens with one attached hydrogen (secondary N) is 2. The van der Waals surface area contributed by atoms with Gasteiger partial charge in [0.15, 0.2) is 11.5 Å². The number of fused-ring (bicyclic) bond motifs is 1. The van der Waals surface area contributed by atoms with Crippen LogP contribution in [0.3, 0.4) is 0 Å².